The van der Waals surface area contributed by atoms with Crippen LogP contribution in [0.25, 0.3) is 0 Å². The molecule has 0 saturated heterocycles. The van der Waals surface area contributed by atoms with Gasteiger partial charge in [0.2, 0.25) is 5.88 Å². The Labute approximate surface area is 105 Å². The second-order valence-corrected chi connectivity index (χ2v) is 4.89. The highest BCUT2D eigenvalue weighted by Gasteiger charge is 2.00. The van der Waals surface area contributed by atoms with Gasteiger partial charge < -0.3 is 9.47 Å². The molecule has 90 valence electrons. The molecule has 0 bridgehead atoms. The van der Waals surface area contributed by atoms with Crippen LogP contribution in [-0.2, 0) is 4.74 Å². The fraction of sp³-hybridized carbons (Fsp3) is 0.583. The zero-order valence-corrected chi connectivity index (χ0v) is 11.6. The van der Waals surface area contributed by atoms with Crippen molar-refractivity contribution in [2.75, 3.05) is 19.8 Å². The first-order valence-electron chi connectivity index (χ1n) is 5.43. The van der Waals surface area contributed by atoms with Crippen LogP contribution in [0.1, 0.15) is 19.5 Å². The van der Waals surface area contributed by atoms with Crippen LogP contribution in [0.4, 0.5) is 0 Å². The molecule has 0 fully saturated rings. The summed E-state index contributed by atoms with van der Waals surface area (Å²) in [5, 5.41) is 0. The molecule has 0 aliphatic carbocycles. The SMILES string of the molecule is Cc1nc(OCCOCC(C)C)ccc1Br. The summed E-state index contributed by atoms with van der Waals surface area (Å²) in [7, 11) is 0. The number of hydrogen-bond donors (Lipinski definition) is 0. The molecule has 0 aliphatic heterocycles. The maximum Gasteiger partial charge on any atom is 0.213 e. The third kappa shape index (κ3) is 4.94. The predicted molar refractivity (Wildman–Crippen MR) is 67.8 cm³/mol. The number of aromatic nitrogens is 1. The highest BCUT2D eigenvalue weighted by Crippen LogP contribution is 2.17. The first-order valence-corrected chi connectivity index (χ1v) is 6.22. The average Bonchev–Trinajstić information content (AvgIpc) is 2.22. The van der Waals surface area contributed by atoms with E-state index in [2.05, 4.69) is 34.8 Å². The van der Waals surface area contributed by atoms with Gasteiger partial charge in [-0.2, -0.15) is 0 Å². The minimum absolute atomic E-state index is 0.542. The Morgan fingerprint density at radius 2 is 2.06 bits per heavy atom. The van der Waals surface area contributed by atoms with E-state index in [1.807, 2.05) is 19.1 Å². The van der Waals surface area contributed by atoms with Crippen molar-refractivity contribution in [3.8, 4) is 5.88 Å². The summed E-state index contributed by atoms with van der Waals surface area (Å²) < 4.78 is 11.9. The Balaban J connectivity index is 2.24. The number of nitrogens with zero attached hydrogens (tertiary/aromatic N) is 1. The second-order valence-electron chi connectivity index (χ2n) is 4.03. The van der Waals surface area contributed by atoms with Crippen molar-refractivity contribution in [2.24, 2.45) is 5.92 Å². The van der Waals surface area contributed by atoms with E-state index in [4.69, 9.17) is 9.47 Å². The van der Waals surface area contributed by atoms with E-state index < -0.39 is 0 Å². The molecule has 4 heteroatoms. The van der Waals surface area contributed by atoms with Gasteiger partial charge in [-0.25, -0.2) is 4.98 Å². The number of aryl methyl sites for hydroxylation is 1. The third-order valence-corrected chi connectivity index (χ3v) is 2.76. The van der Waals surface area contributed by atoms with Gasteiger partial charge in [-0.15, -0.1) is 0 Å². The van der Waals surface area contributed by atoms with Crippen LogP contribution >= 0.6 is 15.9 Å². The van der Waals surface area contributed by atoms with Crippen LogP contribution in [0.3, 0.4) is 0 Å². The molecule has 3 nitrogen and oxygen atoms in total. The van der Waals surface area contributed by atoms with Crippen molar-refractivity contribution in [3.05, 3.63) is 22.3 Å². The lowest BCUT2D eigenvalue weighted by atomic mass is 10.2. The molecule has 1 aromatic rings. The lowest BCUT2D eigenvalue weighted by Crippen LogP contribution is -2.10. The summed E-state index contributed by atoms with van der Waals surface area (Å²) >= 11 is 3.40. The van der Waals surface area contributed by atoms with Crippen molar-refractivity contribution in [1.29, 1.82) is 0 Å². The molecular formula is C12H18BrNO2. The molecule has 1 aromatic heterocycles. The predicted octanol–water partition coefficient (Wildman–Crippen LogP) is 3.20. The molecule has 1 heterocycles. The third-order valence-electron chi connectivity index (χ3n) is 1.92. The van der Waals surface area contributed by atoms with E-state index in [0.29, 0.717) is 25.0 Å². The summed E-state index contributed by atoms with van der Waals surface area (Å²) in [5.74, 6) is 1.21. The van der Waals surface area contributed by atoms with Crippen molar-refractivity contribution in [1.82, 2.24) is 4.98 Å². The van der Waals surface area contributed by atoms with Gasteiger partial charge in [0.15, 0.2) is 0 Å². The molecule has 0 N–H and O–H groups in total. The Kier molecular flexibility index (Phi) is 5.77. The zero-order valence-electron chi connectivity index (χ0n) is 10.00. The molecule has 0 aliphatic rings. The molecule has 0 aromatic carbocycles. The topological polar surface area (TPSA) is 31.4 Å². The number of pyridine rings is 1. The highest BCUT2D eigenvalue weighted by atomic mass is 79.9. The van der Waals surface area contributed by atoms with Crippen LogP contribution in [0, 0.1) is 12.8 Å². The average molecular weight is 288 g/mol. The quantitative estimate of drug-likeness (QED) is 0.753. The van der Waals surface area contributed by atoms with Crippen LogP contribution in [-0.4, -0.2) is 24.8 Å². The second kappa shape index (κ2) is 6.86. The number of ether oxygens (including phenoxy) is 2. The van der Waals surface area contributed by atoms with Crippen LogP contribution < -0.4 is 4.74 Å². The highest BCUT2D eigenvalue weighted by molar-refractivity contribution is 9.10. The van der Waals surface area contributed by atoms with Gasteiger partial charge >= 0.3 is 0 Å². The minimum atomic E-state index is 0.542. The van der Waals surface area contributed by atoms with Gasteiger partial charge in [0.25, 0.3) is 0 Å². The Hall–Kier alpha value is -0.610. The summed E-state index contributed by atoms with van der Waals surface area (Å²) in [5.41, 5.74) is 0.931. The summed E-state index contributed by atoms with van der Waals surface area (Å²) in [6, 6.07) is 3.78. The monoisotopic (exact) mass is 287 g/mol. The summed E-state index contributed by atoms with van der Waals surface area (Å²) in [6.07, 6.45) is 0. The largest absolute Gasteiger partial charge is 0.475 e. The van der Waals surface area contributed by atoms with E-state index in [1.54, 1.807) is 0 Å². The lowest BCUT2D eigenvalue weighted by Gasteiger charge is -2.08. The van der Waals surface area contributed by atoms with Crippen molar-refractivity contribution < 1.29 is 9.47 Å². The number of halogens is 1. The van der Waals surface area contributed by atoms with Gasteiger partial charge in [0.05, 0.1) is 12.3 Å². The Bertz CT molecular complexity index is 329. The van der Waals surface area contributed by atoms with E-state index in [0.717, 1.165) is 16.8 Å². The van der Waals surface area contributed by atoms with Gasteiger partial charge in [0, 0.05) is 17.1 Å². The van der Waals surface area contributed by atoms with E-state index in [-0.39, 0.29) is 0 Å². The van der Waals surface area contributed by atoms with Crippen LogP contribution in [0.5, 0.6) is 5.88 Å². The van der Waals surface area contributed by atoms with Crippen molar-refractivity contribution in [2.45, 2.75) is 20.8 Å². The molecule has 1 rings (SSSR count). The molecule has 0 spiro atoms. The van der Waals surface area contributed by atoms with E-state index in [1.165, 1.54) is 0 Å². The molecule has 0 amide bonds. The first-order chi connectivity index (χ1) is 7.59. The Morgan fingerprint density at radius 3 is 2.69 bits per heavy atom. The molecular weight excluding hydrogens is 270 g/mol. The molecule has 0 unspecified atom stereocenters. The maximum absolute atomic E-state index is 5.47. The zero-order chi connectivity index (χ0) is 12.0. The fourth-order valence-corrected chi connectivity index (χ4v) is 1.35. The van der Waals surface area contributed by atoms with Gasteiger partial charge in [-0.05, 0) is 34.8 Å². The van der Waals surface area contributed by atoms with E-state index in [9.17, 15) is 0 Å². The standard InChI is InChI=1S/C12H18BrNO2/c1-9(2)8-15-6-7-16-12-5-4-11(13)10(3)14-12/h4-5,9H,6-8H2,1-3H3. The van der Waals surface area contributed by atoms with Gasteiger partial charge in [0.1, 0.15) is 6.61 Å². The number of rotatable bonds is 6. The van der Waals surface area contributed by atoms with Crippen LogP contribution in [0.15, 0.2) is 16.6 Å². The van der Waals surface area contributed by atoms with Crippen LogP contribution in [0.2, 0.25) is 0 Å². The normalized spacial score (nSPS) is 10.8. The minimum Gasteiger partial charge on any atom is -0.475 e. The summed E-state index contributed by atoms with van der Waals surface area (Å²) in [6.45, 7) is 8.11. The molecule has 0 atom stereocenters. The summed E-state index contributed by atoms with van der Waals surface area (Å²) in [4.78, 5) is 4.28. The first kappa shape index (κ1) is 13.5. The Morgan fingerprint density at radius 1 is 1.31 bits per heavy atom. The maximum atomic E-state index is 5.47. The molecule has 16 heavy (non-hydrogen) atoms. The smallest absolute Gasteiger partial charge is 0.213 e. The number of hydrogen-bond acceptors (Lipinski definition) is 3. The fourth-order valence-electron chi connectivity index (χ4n) is 1.13. The van der Waals surface area contributed by atoms with Crippen molar-refractivity contribution >= 4 is 15.9 Å². The van der Waals surface area contributed by atoms with Gasteiger partial charge in [-0.3, -0.25) is 0 Å². The molecule has 0 saturated carbocycles. The lowest BCUT2D eigenvalue weighted by molar-refractivity contribution is 0.0806. The van der Waals surface area contributed by atoms with Gasteiger partial charge in [-0.1, -0.05) is 13.8 Å². The van der Waals surface area contributed by atoms with E-state index >= 15 is 0 Å². The molecule has 0 radical (unpaired) electrons. The van der Waals surface area contributed by atoms with Crippen molar-refractivity contribution in [3.63, 3.8) is 0 Å².